The van der Waals surface area contributed by atoms with Crippen molar-refractivity contribution in [3.63, 3.8) is 0 Å². The molecule has 0 N–H and O–H groups in total. The molecule has 6 nitrogen and oxygen atoms in total. The van der Waals surface area contributed by atoms with E-state index in [0.29, 0.717) is 13.6 Å². The van der Waals surface area contributed by atoms with Crippen LogP contribution in [0.15, 0.2) is 0 Å². The molecule has 0 spiro atoms. The summed E-state index contributed by atoms with van der Waals surface area (Å²) in [5.41, 5.74) is 0. The van der Waals surface area contributed by atoms with Crippen LogP contribution >= 0.6 is 0 Å². The van der Waals surface area contributed by atoms with Gasteiger partial charge in [-0.15, -0.1) is 0 Å². The predicted molar refractivity (Wildman–Crippen MR) is 59.5 cm³/mol. The van der Waals surface area contributed by atoms with Gasteiger partial charge < -0.3 is 28.4 Å². The Morgan fingerprint density at radius 2 is 1.71 bits per heavy atom. The molecule has 0 saturated carbocycles. The average molecular weight is 250 g/mol. The predicted octanol–water partition coefficient (Wildman–Crippen LogP) is 0.747. The van der Waals surface area contributed by atoms with Crippen LogP contribution in [0.2, 0.25) is 0 Å². The Bertz CT molecular complexity index is 175. The van der Waals surface area contributed by atoms with Crippen molar-refractivity contribution in [2.45, 2.75) is 31.3 Å². The van der Waals surface area contributed by atoms with Crippen molar-refractivity contribution in [3.05, 3.63) is 0 Å². The molecule has 6 heteroatoms. The fourth-order valence-corrected chi connectivity index (χ4v) is 1.78. The molecule has 2 bridgehead atoms. The van der Waals surface area contributed by atoms with E-state index in [1.165, 1.54) is 0 Å². The number of hydrogen-bond donors (Lipinski definition) is 0. The summed E-state index contributed by atoms with van der Waals surface area (Å²) in [6, 6.07) is 0. The Morgan fingerprint density at radius 1 is 1.00 bits per heavy atom. The second-order valence-electron chi connectivity index (χ2n) is 3.88. The van der Waals surface area contributed by atoms with E-state index in [9.17, 15) is 0 Å². The first kappa shape index (κ1) is 14.8. The molecule has 102 valence electrons. The number of ether oxygens (including phenoxy) is 6. The lowest BCUT2D eigenvalue weighted by atomic mass is 10.1. The largest absolute Gasteiger partial charge is 0.359 e. The third-order valence-electron chi connectivity index (χ3n) is 2.45. The molecule has 0 amide bonds. The maximum Gasteiger partial charge on any atom is 0.160 e. The fourth-order valence-electron chi connectivity index (χ4n) is 1.78. The molecule has 3 unspecified atom stereocenters. The zero-order valence-electron chi connectivity index (χ0n) is 10.7. The van der Waals surface area contributed by atoms with Gasteiger partial charge in [-0.3, -0.25) is 0 Å². The van der Waals surface area contributed by atoms with Crippen molar-refractivity contribution < 1.29 is 28.4 Å². The van der Waals surface area contributed by atoms with Gasteiger partial charge in [0.2, 0.25) is 0 Å². The number of rotatable bonds is 5. The minimum absolute atomic E-state index is 0.0365. The van der Waals surface area contributed by atoms with Crippen LogP contribution in [0.3, 0.4) is 0 Å². The molecule has 2 aliphatic rings. The first-order chi connectivity index (χ1) is 8.30. The van der Waals surface area contributed by atoms with E-state index in [2.05, 4.69) is 9.47 Å². The summed E-state index contributed by atoms with van der Waals surface area (Å²) >= 11 is 0. The van der Waals surface area contributed by atoms with Gasteiger partial charge in [-0.25, -0.2) is 0 Å². The molecule has 0 aromatic carbocycles. The van der Waals surface area contributed by atoms with Crippen molar-refractivity contribution >= 4 is 0 Å². The second-order valence-corrected chi connectivity index (χ2v) is 3.88. The standard InChI is InChI=1S/C8H14O4.C3H8O2/c1-9-5-11-6-2-7-4-10-8(3-6)12-7;1-4-3-5-2/h6-8H,2-5H2,1H3;3H2,1-2H3. The van der Waals surface area contributed by atoms with Crippen molar-refractivity contribution in [1.82, 2.24) is 0 Å². The molecule has 2 fully saturated rings. The van der Waals surface area contributed by atoms with Crippen LogP contribution < -0.4 is 0 Å². The zero-order chi connectivity index (χ0) is 12.5. The summed E-state index contributed by atoms with van der Waals surface area (Å²) in [6.45, 7) is 1.47. The molecule has 2 heterocycles. The third kappa shape index (κ3) is 5.76. The molecule has 0 aromatic rings. The van der Waals surface area contributed by atoms with Crippen molar-refractivity contribution in [2.75, 3.05) is 41.5 Å². The van der Waals surface area contributed by atoms with E-state index in [1.54, 1.807) is 21.3 Å². The molecule has 2 rings (SSSR count). The second kappa shape index (κ2) is 8.79. The van der Waals surface area contributed by atoms with Crippen molar-refractivity contribution in [1.29, 1.82) is 0 Å². The van der Waals surface area contributed by atoms with Gasteiger partial charge >= 0.3 is 0 Å². The van der Waals surface area contributed by atoms with E-state index in [1.807, 2.05) is 0 Å². The van der Waals surface area contributed by atoms with Crippen molar-refractivity contribution in [3.8, 4) is 0 Å². The van der Waals surface area contributed by atoms with Crippen molar-refractivity contribution in [2.24, 2.45) is 0 Å². The SMILES string of the molecule is COCOC.COCOC1CC2COC(C1)O2. The van der Waals surface area contributed by atoms with E-state index in [4.69, 9.17) is 18.9 Å². The van der Waals surface area contributed by atoms with E-state index in [-0.39, 0.29) is 18.5 Å². The number of methoxy groups -OCH3 is 3. The van der Waals surface area contributed by atoms with Gasteiger partial charge in [-0.05, 0) is 0 Å². The monoisotopic (exact) mass is 250 g/mol. The molecule has 0 aromatic heterocycles. The Morgan fingerprint density at radius 3 is 2.24 bits per heavy atom. The topological polar surface area (TPSA) is 55.4 Å². The maximum absolute atomic E-state index is 5.46. The van der Waals surface area contributed by atoms with Gasteiger partial charge in [0.15, 0.2) is 6.29 Å². The number of fused-ring (bicyclic) bond motifs is 2. The summed E-state index contributed by atoms with van der Waals surface area (Å²) in [6.07, 6.45) is 2.21. The third-order valence-corrected chi connectivity index (χ3v) is 2.45. The van der Waals surface area contributed by atoms with Crippen LogP contribution in [0.5, 0.6) is 0 Å². The highest BCUT2D eigenvalue weighted by atomic mass is 16.7. The van der Waals surface area contributed by atoms with Crippen LogP contribution in [0, 0.1) is 0 Å². The van der Waals surface area contributed by atoms with Gasteiger partial charge in [0.05, 0.1) is 18.8 Å². The summed E-state index contributed by atoms with van der Waals surface area (Å²) in [4.78, 5) is 0. The van der Waals surface area contributed by atoms with E-state index >= 15 is 0 Å². The summed E-state index contributed by atoms with van der Waals surface area (Å²) in [7, 11) is 4.80. The Balaban J connectivity index is 0.000000249. The fraction of sp³-hybridized carbons (Fsp3) is 1.00. The highest BCUT2D eigenvalue weighted by molar-refractivity contribution is 4.78. The number of hydrogen-bond acceptors (Lipinski definition) is 6. The van der Waals surface area contributed by atoms with Crippen LogP contribution in [0.1, 0.15) is 12.8 Å². The first-order valence-electron chi connectivity index (χ1n) is 5.65. The summed E-state index contributed by atoms with van der Waals surface area (Å²) in [5.74, 6) is 0. The lowest BCUT2D eigenvalue weighted by Crippen LogP contribution is -2.31. The average Bonchev–Trinajstić information content (AvgIpc) is 2.68. The van der Waals surface area contributed by atoms with E-state index < -0.39 is 0 Å². The lowest BCUT2D eigenvalue weighted by molar-refractivity contribution is -0.156. The zero-order valence-corrected chi connectivity index (χ0v) is 10.7. The molecule has 2 aliphatic heterocycles. The minimum Gasteiger partial charge on any atom is -0.359 e. The minimum atomic E-state index is -0.0365. The highest BCUT2D eigenvalue weighted by Crippen LogP contribution is 2.28. The molecular weight excluding hydrogens is 228 g/mol. The van der Waals surface area contributed by atoms with Crippen LogP contribution in [0.25, 0.3) is 0 Å². The Labute approximate surface area is 102 Å². The van der Waals surface area contributed by atoms with Gasteiger partial charge in [-0.1, -0.05) is 0 Å². The smallest absolute Gasteiger partial charge is 0.160 e. The quantitative estimate of drug-likeness (QED) is 0.671. The summed E-state index contributed by atoms with van der Waals surface area (Å²) in [5, 5.41) is 0. The Hall–Kier alpha value is -0.240. The van der Waals surface area contributed by atoms with Gasteiger partial charge in [-0.2, -0.15) is 0 Å². The highest BCUT2D eigenvalue weighted by Gasteiger charge is 2.36. The molecule has 2 saturated heterocycles. The Kier molecular flexibility index (Phi) is 7.67. The van der Waals surface area contributed by atoms with E-state index in [0.717, 1.165) is 19.4 Å². The molecule has 0 radical (unpaired) electrons. The van der Waals surface area contributed by atoms with Gasteiger partial charge in [0, 0.05) is 34.2 Å². The van der Waals surface area contributed by atoms with Gasteiger partial charge in [0.25, 0.3) is 0 Å². The van der Waals surface area contributed by atoms with Crippen LogP contribution in [-0.2, 0) is 28.4 Å². The molecule has 17 heavy (non-hydrogen) atoms. The normalized spacial score (nSPS) is 30.9. The lowest BCUT2D eigenvalue weighted by Gasteiger charge is -2.25. The molecule has 3 atom stereocenters. The first-order valence-corrected chi connectivity index (χ1v) is 5.65. The van der Waals surface area contributed by atoms with Crippen LogP contribution in [-0.4, -0.2) is 60.0 Å². The van der Waals surface area contributed by atoms with Crippen LogP contribution in [0.4, 0.5) is 0 Å². The molecular formula is C11H22O6. The summed E-state index contributed by atoms with van der Waals surface area (Å²) < 4.78 is 30.0. The maximum atomic E-state index is 5.46. The molecule has 0 aliphatic carbocycles. The van der Waals surface area contributed by atoms with Gasteiger partial charge in [0.1, 0.15) is 13.6 Å².